The Morgan fingerprint density at radius 1 is 1.09 bits per heavy atom. The number of ether oxygens (including phenoxy) is 2. The number of piperazine rings is 1. The second kappa shape index (κ2) is 11.3. The SMILES string of the molecule is COC[C@H]1CN(c2ccc3nc4n(c3c2)C[C@H]2CC[C@@H](COc3c(c(C)nn3C)-c3cc(cc(C)n3)C(=O)N4)C2)CCN1. The lowest BCUT2D eigenvalue weighted by atomic mass is 10.1. The maximum absolute atomic E-state index is 13.8. The van der Waals surface area contributed by atoms with E-state index in [-0.39, 0.29) is 11.9 Å². The molecule has 11 heteroatoms. The molecule has 1 amide bonds. The average Bonchev–Trinajstić information content (AvgIpc) is 3.66. The topological polar surface area (TPSA) is 111 Å². The number of benzene rings is 1. The minimum Gasteiger partial charge on any atom is -0.477 e. The molecule has 2 fully saturated rings. The summed E-state index contributed by atoms with van der Waals surface area (Å²) in [6.07, 6.45) is 3.26. The van der Waals surface area contributed by atoms with E-state index < -0.39 is 0 Å². The number of fused-ring (bicyclic) bond motifs is 9. The molecule has 1 saturated heterocycles. The maximum atomic E-state index is 13.8. The highest BCUT2D eigenvalue weighted by atomic mass is 16.5. The Balaban J connectivity index is 1.29. The summed E-state index contributed by atoms with van der Waals surface area (Å²) < 4.78 is 15.9. The molecule has 0 radical (unpaired) electrons. The van der Waals surface area contributed by atoms with Crippen LogP contribution in [0.15, 0.2) is 30.3 Å². The van der Waals surface area contributed by atoms with Crippen LogP contribution in [0.1, 0.15) is 41.0 Å². The van der Waals surface area contributed by atoms with Crippen LogP contribution in [0.25, 0.3) is 22.3 Å². The molecule has 3 aliphatic rings. The van der Waals surface area contributed by atoms with Crippen molar-refractivity contribution in [3.63, 3.8) is 0 Å². The predicted octanol–water partition coefficient (Wildman–Crippen LogP) is 3.93. The normalized spacial score (nSPS) is 22.4. The molecule has 5 heterocycles. The third-order valence-electron chi connectivity index (χ3n) is 9.13. The lowest BCUT2D eigenvalue weighted by molar-refractivity contribution is 0.102. The zero-order chi connectivity index (χ0) is 29.7. The van der Waals surface area contributed by atoms with Crippen molar-refractivity contribution >= 4 is 28.6 Å². The maximum Gasteiger partial charge on any atom is 0.258 e. The monoisotopic (exact) mass is 584 g/mol. The number of hydrogen-bond acceptors (Lipinski definition) is 8. The molecule has 4 aromatic rings. The number of aryl methyl sites for hydroxylation is 3. The van der Waals surface area contributed by atoms with Gasteiger partial charge in [-0.15, -0.1) is 0 Å². The van der Waals surface area contributed by atoms with Gasteiger partial charge >= 0.3 is 0 Å². The first kappa shape index (κ1) is 27.8. The van der Waals surface area contributed by atoms with E-state index >= 15 is 0 Å². The lowest BCUT2D eigenvalue weighted by Crippen LogP contribution is -2.52. The highest BCUT2D eigenvalue weighted by Gasteiger charge is 2.30. The van der Waals surface area contributed by atoms with Crippen molar-refractivity contribution in [3.8, 4) is 17.1 Å². The van der Waals surface area contributed by atoms with Crippen LogP contribution in [-0.2, 0) is 18.3 Å². The number of carbonyl (C=O) groups excluding carboxylic acids is 1. The first-order chi connectivity index (χ1) is 20.9. The zero-order valence-electron chi connectivity index (χ0n) is 25.4. The Labute approximate surface area is 251 Å². The Morgan fingerprint density at radius 3 is 2.81 bits per heavy atom. The van der Waals surface area contributed by atoms with Gasteiger partial charge in [-0.25, -0.2) is 9.67 Å². The number of imidazole rings is 1. The molecule has 2 aliphatic heterocycles. The van der Waals surface area contributed by atoms with Gasteiger partial charge in [0.25, 0.3) is 5.91 Å². The molecule has 2 N–H and O–H groups in total. The Morgan fingerprint density at radius 2 is 1.95 bits per heavy atom. The van der Waals surface area contributed by atoms with Gasteiger partial charge in [-0.3, -0.25) is 15.1 Å². The fraction of sp³-hybridized carbons (Fsp3) is 0.500. The molecule has 226 valence electrons. The molecular weight excluding hydrogens is 544 g/mol. The number of anilines is 2. The fourth-order valence-electron chi connectivity index (χ4n) is 7.11. The van der Waals surface area contributed by atoms with Gasteiger partial charge in [-0.1, -0.05) is 0 Å². The first-order valence-corrected chi connectivity index (χ1v) is 15.3. The fourth-order valence-corrected chi connectivity index (χ4v) is 7.11. The number of amides is 1. The summed E-state index contributed by atoms with van der Waals surface area (Å²) in [7, 11) is 3.65. The minimum absolute atomic E-state index is 0.212. The number of nitrogens with zero attached hydrogens (tertiary/aromatic N) is 6. The Hall–Kier alpha value is -3.96. The molecule has 1 aromatic carbocycles. The number of pyridine rings is 1. The molecule has 3 atom stereocenters. The highest BCUT2D eigenvalue weighted by molar-refractivity contribution is 6.05. The molecule has 4 bridgehead atoms. The highest BCUT2D eigenvalue weighted by Crippen LogP contribution is 2.38. The number of aromatic nitrogens is 5. The molecule has 0 unspecified atom stereocenters. The molecule has 43 heavy (non-hydrogen) atoms. The van der Waals surface area contributed by atoms with Gasteiger partial charge in [0.15, 0.2) is 0 Å². The van der Waals surface area contributed by atoms with Gasteiger partial charge in [0.2, 0.25) is 11.8 Å². The van der Waals surface area contributed by atoms with Crippen molar-refractivity contribution in [3.05, 3.63) is 47.3 Å². The zero-order valence-corrected chi connectivity index (χ0v) is 25.4. The van der Waals surface area contributed by atoms with Crippen LogP contribution >= 0.6 is 0 Å². The van der Waals surface area contributed by atoms with Crippen LogP contribution in [-0.4, -0.2) is 76.2 Å². The van der Waals surface area contributed by atoms with Gasteiger partial charge < -0.3 is 24.3 Å². The lowest BCUT2D eigenvalue weighted by Gasteiger charge is -2.35. The molecule has 7 rings (SSSR count). The van der Waals surface area contributed by atoms with E-state index in [1.54, 1.807) is 11.8 Å². The van der Waals surface area contributed by atoms with E-state index in [1.807, 2.05) is 33.0 Å². The van der Waals surface area contributed by atoms with E-state index in [1.165, 1.54) is 0 Å². The summed E-state index contributed by atoms with van der Waals surface area (Å²) in [6.45, 7) is 8.67. The summed E-state index contributed by atoms with van der Waals surface area (Å²) in [5.41, 5.74) is 6.71. The molecule has 1 aliphatic carbocycles. The van der Waals surface area contributed by atoms with Crippen LogP contribution < -0.4 is 20.3 Å². The van der Waals surface area contributed by atoms with E-state index in [2.05, 4.69) is 43.4 Å². The number of carbonyl (C=O) groups is 1. The van der Waals surface area contributed by atoms with Crippen LogP contribution in [0.3, 0.4) is 0 Å². The van der Waals surface area contributed by atoms with Gasteiger partial charge in [0.1, 0.15) is 0 Å². The van der Waals surface area contributed by atoms with Crippen molar-refractivity contribution in [2.75, 3.05) is 50.2 Å². The van der Waals surface area contributed by atoms with Crippen LogP contribution in [0, 0.1) is 25.7 Å². The number of rotatable bonds is 3. The van der Waals surface area contributed by atoms with Crippen molar-refractivity contribution in [1.29, 1.82) is 0 Å². The molecule has 11 nitrogen and oxygen atoms in total. The van der Waals surface area contributed by atoms with E-state index in [0.717, 1.165) is 79.1 Å². The number of methoxy groups -OCH3 is 1. The minimum atomic E-state index is -0.212. The van der Waals surface area contributed by atoms with Crippen LogP contribution in [0.4, 0.5) is 11.6 Å². The van der Waals surface area contributed by atoms with Gasteiger partial charge in [0, 0.05) is 63.3 Å². The second-order valence-electron chi connectivity index (χ2n) is 12.4. The quantitative estimate of drug-likeness (QED) is 0.373. The Kier molecular flexibility index (Phi) is 7.30. The van der Waals surface area contributed by atoms with Gasteiger partial charge in [-0.05, 0) is 75.3 Å². The van der Waals surface area contributed by atoms with E-state index in [0.29, 0.717) is 48.1 Å². The smallest absolute Gasteiger partial charge is 0.258 e. The third-order valence-corrected chi connectivity index (χ3v) is 9.13. The Bertz CT molecular complexity index is 1670. The van der Waals surface area contributed by atoms with Gasteiger partial charge in [-0.2, -0.15) is 5.10 Å². The van der Waals surface area contributed by atoms with Crippen LogP contribution in [0.5, 0.6) is 5.88 Å². The van der Waals surface area contributed by atoms with E-state index in [4.69, 9.17) is 19.4 Å². The molecule has 0 spiro atoms. The number of nitrogens with one attached hydrogen (secondary N) is 2. The summed E-state index contributed by atoms with van der Waals surface area (Å²) >= 11 is 0. The van der Waals surface area contributed by atoms with Crippen molar-refractivity contribution in [2.45, 2.75) is 45.7 Å². The van der Waals surface area contributed by atoms with Crippen molar-refractivity contribution in [1.82, 2.24) is 29.6 Å². The molecule has 3 aromatic heterocycles. The predicted molar refractivity (Wildman–Crippen MR) is 166 cm³/mol. The number of hydrogen-bond donors (Lipinski definition) is 2. The summed E-state index contributed by atoms with van der Waals surface area (Å²) in [6, 6.07) is 10.4. The standard InChI is InChI=1S/C32H40N8O3/c1-19-11-23-13-27(34-19)29-20(2)37-38(3)31(29)43-17-22-6-5-21(12-22)15-40-28-14-25(39-10-9-33-24(16-39)18-42-4)7-8-26(28)35-32(40)36-30(23)41/h7-8,11,13-14,21-22,24,33H,5-6,9-10,12,15-18H2,1-4H3,(H,35,36,41)/t21-,22+,24+/m0/s1. The second-order valence-corrected chi connectivity index (χ2v) is 12.4. The largest absolute Gasteiger partial charge is 0.477 e. The summed E-state index contributed by atoms with van der Waals surface area (Å²) in [5, 5.41) is 11.3. The van der Waals surface area contributed by atoms with Gasteiger partial charge in [0.05, 0.1) is 41.2 Å². The third kappa shape index (κ3) is 5.36. The van der Waals surface area contributed by atoms with E-state index in [9.17, 15) is 4.79 Å². The van der Waals surface area contributed by atoms with Crippen LogP contribution in [0.2, 0.25) is 0 Å². The van der Waals surface area contributed by atoms with Crippen molar-refractivity contribution in [2.24, 2.45) is 18.9 Å². The van der Waals surface area contributed by atoms with Crippen molar-refractivity contribution < 1.29 is 14.3 Å². The molecular formula is C32H40N8O3. The summed E-state index contributed by atoms with van der Waals surface area (Å²) in [5.74, 6) is 1.97. The summed E-state index contributed by atoms with van der Waals surface area (Å²) in [4.78, 5) is 26.0. The first-order valence-electron chi connectivity index (χ1n) is 15.3. The average molecular weight is 585 g/mol. The molecule has 1 saturated carbocycles.